The first-order valence-electron chi connectivity index (χ1n) is 5.27. The molecule has 0 aliphatic carbocycles. The van der Waals surface area contributed by atoms with Crippen LogP contribution in [0.2, 0.25) is 0 Å². The first-order valence-corrected chi connectivity index (χ1v) is 5.27. The van der Waals surface area contributed by atoms with Crippen molar-refractivity contribution in [1.29, 1.82) is 0 Å². The summed E-state index contributed by atoms with van der Waals surface area (Å²) in [6.07, 6.45) is 4.63. The largest absolute Gasteiger partial charge is 0.462 e. The molecule has 0 saturated heterocycles. The number of rotatable bonds is 1. The van der Waals surface area contributed by atoms with Crippen molar-refractivity contribution in [3.63, 3.8) is 0 Å². The normalized spacial score (nSPS) is 10.6. The van der Waals surface area contributed by atoms with Gasteiger partial charge < -0.3 is 4.42 Å². The maximum atomic E-state index is 12.2. The molecule has 0 aliphatic rings. The van der Waals surface area contributed by atoms with E-state index >= 15 is 0 Å². The molecule has 0 bridgehead atoms. The van der Waals surface area contributed by atoms with Crippen molar-refractivity contribution in [3.8, 4) is 11.1 Å². The number of nitrogens with zero attached hydrogens (tertiary/aromatic N) is 1. The molecular weight excluding hydrogens is 214 g/mol. The van der Waals surface area contributed by atoms with Gasteiger partial charge in [-0.05, 0) is 11.6 Å². The van der Waals surface area contributed by atoms with Crippen LogP contribution in [0, 0.1) is 0 Å². The summed E-state index contributed by atoms with van der Waals surface area (Å²) in [6, 6.07) is 11.2. The van der Waals surface area contributed by atoms with E-state index in [2.05, 4.69) is 4.98 Å². The van der Waals surface area contributed by atoms with E-state index in [0.717, 1.165) is 5.56 Å². The summed E-state index contributed by atoms with van der Waals surface area (Å²) in [6.45, 7) is 0. The van der Waals surface area contributed by atoms with Crippen molar-refractivity contribution in [2.24, 2.45) is 0 Å². The molecule has 1 aromatic carbocycles. The standard InChI is InChI=1S/C14H9NO2/c16-14-11-6-7-15-8-13(11)17-9-12(14)10-4-2-1-3-5-10/h1-9H. The predicted molar refractivity (Wildman–Crippen MR) is 65.7 cm³/mol. The Balaban J connectivity index is 2.33. The highest BCUT2D eigenvalue weighted by atomic mass is 16.3. The van der Waals surface area contributed by atoms with Crippen LogP contribution in [0.3, 0.4) is 0 Å². The van der Waals surface area contributed by atoms with Gasteiger partial charge in [0.2, 0.25) is 5.43 Å². The summed E-state index contributed by atoms with van der Waals surface area (Å²) in [4.78, 5) is 16.2. The maximum Gasteiger partial charge on any atom is 0.200 e. The molecule has 0 saturated carbocycles. The number of pyridine rings is 1. The molecule has 0 amide bonds. The van der Waals surface area contributed by atoms with E-state index < -0.39 is 0 Å². The predicted octanol–water partition coefficient (Wildman–Crippen LogP) is 2.86. The van der Waals surface area contributed by atoms with Gasteiger partial charge in [0, 0.05) is 6.20 Å². The van der Waals surface area contributed by atoms with Crippen LogP contribution >= 0.6 is 0 Å². The Bertz CT molecular complexity index is 717. The minimum Gasteiger partial charge on any atom is -0.462 e. The molecule has 3 aromatic rings. The van der Waals surface area contributed by atoms with Gasteiger partial charge in [-0.2, -0.15) is 0 Å². The highest BCUT2D eigenvalue weighted by Crippen LogP contribution is 2.18. The van der Waals surface area contributed by atoms with Crippen LogP contribution in [-0.4, -0.2) is 4.98 Å². The lowest BCUT2D eigenvalue weighted by atomic mass is 10.1. The third-order valence-electron chi connectivity index (χ3n) is 2.66. The Morgan fingerprint density at radius 1 is 1.06 bits per heavy atom. The van der Waals surface area contributed by atoms with Crippen LogP contribution in [0.15, 0.2) is 64.3 Å². The Morgan fingerprint density at radius 3 is 2.71 bits per heavy atom. The Kier molecular flexibility index (Phi) is 2.22. The summed E-state index contributed by atoms with van der Waals surface area (Å²) in [5, 5.41) is 0.557. The van der Waals surface area contributed by atoms with Gasteiger partial charge in [-0.25, -0.2) is 0 Å². The molecule has 3 nitrogen and oxygen atoms in total. The van der Waals surface area contributed by atoms with Gasteiger partial charge in [-0.15, -0.1) is 0 Å². The van der Waals surface area contributed by atoms with Gasteiger partial charge in [-0.1, -0.05) is 30.3 Å². The molecule has 2 aromatic heterocycles. The first-order chi connectivity index (χ1) is 8.36. The van der Waals surface area contributed by atoms with Crippen molar-refractivity contribution < 1.29 is 4.42 Å². The Morgan fingerprint density at radius 2 is 1.88 bits per heavy atom. The lowest BCUT2D eigenvalue weighted by Gasteiger charge is -2.01. The van der Waals surface area contributed by atoms with Crippen LogP contribution in [-0.2, 0) is 0 Å². The van der Waals surface area contributed by atoms with E-state index in [1.54, 1.807) is 18.5 Å². The fourth-order valence-corrected chi connectivity index (χ4v) is 1.80. The van der Waals surface area contributed by atoms with E-state index in [4.69, 9.17) is 4.42 Å². The second kappa shape index (κ2) is 3.87. The van der Waals surface area contributed by atoms with Crippen molar-refractivity contribution in [2.45, 2.75) is 0 Å². The molecule has 0 N–H and O–H groups in total. The fraction of sp³-hybridized carbons (Fsp3) is 0. The first kappa shape index (κ1) is 9.78. The highest BCUT2D eigenvalue weighted by molar-refractivity contribution is 5.80. The van der Waals surface area contributed by atoms with Crippen molar-refractivity contribution in [2.75, 3.05) is 0 Å². The number of fused-ring (bicyclic) bond motifs is 1. The molecule has 0 radical (unpaired) electrons. The third-order valence-corrected chi connectivity index (χ3v) is 2.66. The summed E-state index contributed by atoms with van der Waals surface area (Å²) >= 11 is 0. The maximum absolute atomic E-state index is 12.2. The average molecular weight is 223 g/mol. The van der Waals surface area contributed by atoms with Gasteiger partial charge in [0.15, 0.2) is 5.58 Å². The molecule has 3 heteroatoms. The van der Waals surface area contributed by atoms with E-state index in [1.165, 1.54) is 6.26 Å². The SMILES string of the molecule is O=c1c(-c2ccccc2)coc2cnccc12. The lowest BCUT2D eigenvalue weighted by molar-refractivity contribution is 0.603. The number of aromatic nitrogens is 1. The van der Waals surface area contributed by atoms with Gasteiger partial charge >= 0.3 is 0 Å². The minimum atomic E-state index is -0.0279. The second-order valence-electron chi connectivity index (χ2n) is 3.72. The molecule has 0 atom stereocenters. The lowest BCUT2D eigenvalue weighted by Crippen LogP contribution is -2.04. The molecule has 0 unspecified atom stereocenters. The highest BCUT2D eigenvalue weighted by Gasteiger charge is 2.07. The van der Waals surface area contributed by atoms with Crippen molar-refractivity contribution >= 4 is 11.0 Å². The van der Waals surface area contributed by atoms with Gasteiger partial charge in [0.25, 0.3) is 0 Å². The zero-order chi connectivity index (χ0) is 11.7. The Hall–Kier alpha value is -2.42. The topological polar surface area (TPSA) is 43.1 Å². The van der Waals surface area contributed by atoms with E-state index in [9.17, 15) is 4.79 Å². The molecule has 0 fully saturated rings. The molecule has 82 valence electrons. The Labute approximate surface area is 97.4 Å². The summed E-state index contributed by atoms with van der Waals surface area (Å²) < 4.78 is 5.42. The van der Waals surface area contributed by atoms with Crippen LogP contribution < -0.4 is 5.43 Å². The summed E-state index contributed by atoms with van der Waals surface area (Å²) in [7, 11) is 0. The van der Waals surface area contributed by atoms with Crippen LogP contribution in [0.25, 0.3) is 22.1 Å². The van der Waals surface area contributed by atoms with Crippen molar-refractivity contribution in [3.05, 3.63) is 65.3 Å². The zero-order valence-electron chi connectivity index (χ0n) is 8.96. The van der Waals surface area contributed by atoms with Crippen molar-refractivity contribution in [1.82, 2.24) is 4.98 Å². The average Bonchev–Trinajstić information content (AvgIpc) is 2.40. The molecule has 0 spiro atoms. The minimum absolute atomic E-state index is 0.0279. The molecule has 3 rings (SSSR count). The molecule has 2 heterocycles. The third kappa shape index (κ3) is 1.61. The quantitative estimate of drug-likeness (QED) is 0.637. The van der Waals surface area contributed by atoms with Crippen LogP contribution in [0.4, 0.5) is 0 Å². The van der Waals surface area contributed by atoms with Crippen LogP contribution in [0.5, 0.6) is 0 Å². The number of hydrogen-bond donors (Lipinski definition) is 0. The summed E-state index contributed by atoms with van der Waals surface area (Å²) in [5.74, 6) is 0. The molecule has 17 heavy (non-hydrogen) atoms. The molecular formula is C14H9NO2. The van der Waals surface area contributed by atoms with Gasteiger partial charge in [0.1, 0.15) is 6.26 Å². The summed E-state index contributed by atoms with van der Waals surface area (Å²) in [5.41, 5.74) is 1.92. The monoisotopic (exact) mass is 223 g/mol. The van der Waals surface area contributed by atoms with Gasteiger partial charge in [-0.3, -0.25) is 9.78 Å². The molecule has 0 aliphatic heterocycles. The van der Waals surface area contributed by atoms with E-state index in [0.29, 0.717) is 16.5 Å². The van der Waals surface area contributed by atoms with E-state index in [1.807, 2.05) is 30.3 Å². The fourth-order valence-electron chi connectivity index (χ4n) is 1.80. The van der Waals surface area contributed by atoms with E-state index in [-0.39, 0.29) is 5.43 Å². The van der Waals surface area contributed by atoms with Crippen LogP contribution in [0.1, 0.15) is 0 Å². The number of hydrogen-bond acceptors (Lipinski definition) is 3. The smallest absolute Gasteiger partial charge is 0.200 e. The number of benzene rings is 1. The van der Waals surface area contributed by atoms with Gasteiger partial charge in [0.05, 0.1) is 17.1 Å². The zero-order valence-corrected chi connectivity index (χ0v) is 8.96. The second-order valence-corrected chi connectivity index (χ2v) is 3.72.